The molecule has 1 aromatic heterocycles. The van der Waals surface area contributed by atoms with Crippen LogP contribution in [0.3, 0.4) is 0 Å². The van der Waals surface area contributed by atoms with Crippen molar-refractivity contribution in [2.45, 2.75) is 59.0 Å². The van der Waals surface area contributed by atoms with Crippen LogP contribution in [0, 0.1) is 6.92 Å². The molecule has 0 aliphatic heterocycles. The van der Waals surface area contributed by atoms with Gasteiger partial charge in [-0.2, -0.15) is 0 Å². The number of fused-ring (bicyclic) bond motifs is 1. The number of benzene rings is 1. The Morgan fingerprint density at radius 2 is 2.05 bits per heavy atom. The molecule has 0 radical (unpaired) electrons. The first-order valence-corrected chi connectivity index (χ1v) is 8.00. The van der Waals surface area contributed by atoms with Gasteiger partial charge in [-0.05, 0) is 38.0 Å². The molecule has 1 unspecified atom stereocenters. The molecular formula is C18H28N2. The molecule has 20 heavy (non-hydrogen) atoms. The Morgan fingerprint density at radius 1 is 1.20 bits per heavy atom. The third-order valence-electron chi connectivity index (χ3n) is 4.12. The first kappa shape index (κ1) is 15.1. The van der Waals surface area contributed by atoms with Gasteiger partial charge in [0, 0.05) is 36.2 Å². The van der Waals surface area contributed by atoms with E-state index in [2.05, 4.69) is 61.1 Å². The van der Waals surface area contributed by atoms with Gasteiger partial charge in [-0.15, -0.1) is 0 Å². The zero-order valence-electron chi connectivity index (χ0n) is 13.2. The average molecular weight is 272 g/mol. The van der Waals surface area contributed by atoms with Gasteiger partial charge < -0.3 is 9.88 Å². The minimum atomic E-state index is 0.630. The average Bonchev–Trinajstić information content (AvgIpc) is 2.84. The van der Waals surface area contributed by atoms with Gasteiger partial charge in [0.05, 0.1) is 0 Å². The third kappa shape index (κ3) is 3.86. The van der Waals surface area contributed by atoms with Gasteiger partial charge in [0.15, 0.2) is 0 Å². The van der Waals surface area contributed by atoms with Gasteiger partial charge in [0.1, 0.15) is 0 Å². The Bertz CT molecular complexity index is 527. The molecule has 1 aromatic carbocycles. The fourth-order valence-electron chi connectivity index (χ4n) is 2.81. The molecule has 0 aliphatic carbocycles. The first-order chi connectivity index (χ1) is 9.72. The van der Waals surface area contributed by atoms with E-state index in [1.165, 1.54) is 42.1 Å². The highest BCUT2D eigenvalue weighted by Gasteiger charge is 2.04. The second-order valence-corrected chi connectivity index (χ2v) is 5.87. The van der Waals surface area contributed by atoms with E-state index in [4.69, 9.17) is 0 Å². The van der Waals surface area contributed by atoms with Crippen molar-refractivity contribution in [2.75, 3.05) is 6.54 Å². The van der Waals surface area contributed by atoms with Crippen LogP contribution in [-0.4, -0.2) is 17.2 Å². The topological polar surface area (TPSA) is 17.0 Å². The molecule has 0 saturated carbocycles. The lowest BCUT2D eigenvalue weighted by atomic mass is 10.1. The Hall–Kier alpha value is -1.28. The zero-order valence-corrected chi connectivity index (χ0v) is 13.2. The lowest BCUT2D eigenvalue weighted by Gasteiger charge is -2.14. The van der Waals surface area contributed by atoms with Gasteiger partial charge in [-0.1, -0.05) is 38.3 Å². The lowest BCUT2D eigenvalue weighted by Crippen LogP contribution is -2.29. The van der Waals surface area contributed by atoms with E-state index in [0.717, 1.165) is 13.1 Å². The molecular weight excluding hydrogens is 244 g/mol. The fraction of sp³-hybridized carbons (Fsp3) is 0.556. The smallest absolute Gasteiger partial charge is 0.0483 e. The molecule has 2 heteroatoms. The molecule has 0 saturated heterocycles. The van der Waals surface area contributed by atoms with Crippen molar-refractivity contribution >= 4 is 10.9 Å². The Kier molecular flexibility index (Phi) is 5.66. The Morgan fingerprint density at radius 3 is 2.85 bits per heavy atom. The molecule has 110 valence electrons. The third-order valence-corrected chi connectivity index (χ3v) is 4.12. The Labute approximate surface area is 123 Å². The van der Waals surface area contributed by atoms with Crippen molar-refractivity contribution in [3.05, 3.63) is 36.0 Å². The van der Waals surface area contributed by atoms with E-state index in [0.29, 0.717) is 6.04 Å². The van der Waals surface area contributed by atoms with Crippen molar-refractivity contribution in [2.24, 2.45) is 0 Å². The van der Waals surface area contributed by atoms with Gasteiger partial charge in [-0.3, -0.25) is 0 Å². The molecule has 0 spiro atoms. The quantitative estimate of drug-likeness (QED) is 0.700. The van der Waals surface area contributed by atoms with Crippen molar-refractivity contribution in [3.8, 4) is 0 Å². The Balaban J connectivity index is 1.83. The highest BCUT2D eigenvalue weighted by atomic mass is 15.0. The van der Waals surface area contributed by atoms with E-state index in [-0.39, 0.29) is 0 Å². The van der Waals surface area contributed by atoms with Crippen LogP contribution in [0.15, 0.2) is 30.5 Å². The lowest BCUT2D eigenvalue weighted by molar-refractivity contribution is 0.473. The summed E-state index contributed by atoms with van der Waals surface area (Å²) in [6, 6.07) is 9.41. The molecule has 0 aliphatic rings. The van der Waals surface area contributed by atoms with Crippen molar-refractivity contribution in [3.63, 3.8) is 0 Å². The second-order valence-electron chi connectivity index (χ2n) is 5.87. The van der Waals surface area contributed by atoms with Gasteiger partial charge >= 0.3 is 0 Å². The van der Waals surface area contributed by atoms with Gasteiger partial charge in [-0.25, -0.2) is 0 Å². The SMILES string of the molecule is CCCCCC(C)NCCn1ccc2c(C)cccc21. The zero-order chi connectivity index (χ0) is 14.4. The minimum absolute atomic E-state index is 0.630. The maximum atomic E-state index is 3.64. The number of nitrogens with zero attached hydrogens (tertiary/aromatic N) is 1. The molecule has 1 heterocycles. The monoisotopic (exact) mass is 272 g/mol. The van der Waals surface area contributed by atoms with Crippen molar-refractivity contribution < 1.29 is 0 Å². The molecule has 2 nitrogen and oxygen atoms in total. The van der Waals surface area contributed by atoms with Crippen molar-refractivity contribution in [1.29, 1.82) is 0 Å². The molecule has 2 aromatic rings. The molecule has 1 N–H and O–H groups in total. The van der Waals surface area contributed by atoms with E-state index >= 15 is 0 Å². The van der Waals surface area contributed by atoms with Gasteiger partial charge in [0.25, 0.3) is 0 Å². The number of nitrogens with one attached hydrogen (secondary N) is 1. The summed E-state index contributed by atoms with van der Waals surface area (Å²) in [5, 5.41) is 5.02. The maximum Gasteiger partial charge on any atom is 0.0483 e. The van der Waals surface area contributed by atoms with Crippen LogP contribution >= 0.6 is 0 Å². The minimum Gasteiger partial charge on any atom is -0.346 e. The number of rotatable bonds is 8. The highest BCUT2D eigenvalue weighted by molar-refractivity contribution is 5.83. The van der Waals surface area contributed by atoms with E-state index in [9.17, 15) is 0 Å². The number of aryl methyl sites for hydroxylation is 1. The highest BCUT2D eigenvalue weighted by Crippen LogP contribution is 2.19. The normalized spacial score (nSPS) is 12.9. The predicted molar refractivity (Wildman–Crippen MR) is 88.3 cm³/mol. The summed E-state index contributed by atoms with van der Waals surface area (Å²) >= 11 is 0. The largest absolute Gasteiger partial charge is 0.346 e. The summed E-state index contributed by atoms with van der Waals surface area (Å²) < 4.78 is 2.36. The number of hydrogen-bond donors (Lipinski definition) is 1. The maximum absolute atomic E-state index is 3.64. The predicted octanol–water partition coefficient (Wildman–Crippen LogP) is 4.51. The number of hydrogen-bond acceptors (Lipinski definition) is 1. The number of unbranched alkanes of at least 4 members (excludes halogenated alkanes) is 2. The molecule has 0 amide bonds. The van der Waals surface area contributed by atoms with Crippen LogP contribution in [0.25, 0.3) is 10.9 Å². The van der Waals surface area contributed by atoms with Crippen LogP contribution in [0.4, 0.5) is 0 Å². The van der Waals surface area contributed by atoms with Crippen LogP contribution in [-0.2, 0) is 6.54 Å². The molecule has 0 fully saturated rings. The molecule has 0 bridgehead atoms. The van der Waals surface area contributed by atoms with E-state index in [1.807, 2.05) is 0 Å². The summed E-state index contributed by atoms with van der Waals surface area (Å²) in [5.74, 6) is 0. The molecule has 1 atom stereocenters. The fourth-order valence-corrected chi connectivity index (χ4v) is 2.81. The first-order valence-electron chi connectivity index (χ1n) is 8.00. The van der Waals surface area contributed by atoms with Crippen LogP contribution in [0.2, 0.25) is 0 Å². The summed E-state index contributed by atoms with van der Waals surface area (Å²) in [7, 11) is 0. The standard InChI is InChI=1S/C18H28N2/c1-4-5-6-9-16(3)19-12-14-20-13-11-17-15(2)8-7-10-18(17)20/h7-8,10-11,13,16,19H,4-6,9,12,14H2,1-3H3. The van der Waals surface area contributed by atoms with Crippen LogP contribution in [0.1, 0.15) is 45.1 Å². The second kappa shape index (κ2) is 7.49. The van der Waals surface area contributed by atoms with Crippen LogP contribution in [0.5, 0.6) is 0 Å². The summed E-state index contributed by atoms with van der Waals surface area (Å²) in [6.45, 7) is 8.83. The van der Waals surface area contributed by atoms with Crippen LogP contribution < -0.4 is 5.32 Å². The summed E-state index contributed by atoms with van der Waals surface area (Å²) in [5.41, 5.74) is 2.72. The number of aromatic nitrogens is 1. The summed E-state index contributed by atoms with van der Waals surface area (Å²) in [4.78, 5) is 0. The van der Waals surface area contributed by atoms with Gasteiger partial charge in [0.2, 0.25) is 0 Å². The van der Waals surface area contributed by atoms with Crippen molar-refractivity contribution in [1.82, 2.24) is 9.88 Å². The van der Waals surface area contributed by atoms with E-state index < -0.39 is 0 Å². The van der Waals surface area contributed by atoms with E-state index in [1.54, 1.807) is 0 Å². The molecule has 2 rings (SSSR count). The summed E-state index contributed by atoms with van der Waals surface area (Å²) in [6.07, 6.45) is 7.51.